The van der Waals surface area contributed by atoms with Gasteiger partial charge in [-0.1, -0.05) is 6.92 Å². The van der Waals surface area contributed by atoms with Gasteiger partial charge in [-0.15, -0.1) is 0 Å². The van der Waals surface area contributed by atoms with Gasteiger partial charge in [0.25, 0.3) is 0 Å². The smallest absolute Gasteiger partial charge is 0.314 e. The number of hydrogen-bond donors (Lipinski definition) is 3. The van der Waals surface area contributed by atoms with Gasteiger partial charge in [0, 0.05) is 12.6 Å². The highest BCUT2D eigenvalue weighted by molar-refractivity contribution is 5.74. The van der Waals surface area contributed by atoms with Crippen LogP contribution in [0.4, 0.5) is 4.79 Å². The number of amides is 2. The summed E-state index contributed by atoms with van der Waals surface area (Å²) >= 11 is 0. The molecule has 0 spiro atoms. The topological polar surface area (TPSA) is 67.1 Å². The Bertz CT molecular complexity index is 148. The van der Waals surface area contributed by atoms with Crippen molar-refractivity contribution in [1.82, 2.24) is 10.6 Å². The molecule has 4 heteroatoms. The number of nitrogens with one attached hydrogen (secondary N) is 2. The van der Waals surface area contributed by atoms with Crippen LogP contribution < -0.4 is 16.4 Å². The van der Waals surface area contributed by atoms with Crippen molar-refractivity contribution < 1.29 is 4.79 Å². The van der Waals surface area contributed by atoms with Gasteiger partial charge in [-0.3, -0.25) is 0 Å². The van der Waals surface area contributed by atoms with Crippen molar-refractivity contribution in [3.63, 3.8) is 0 Å². The van der Waals surface area contributed by atoms with Crippen molar-refractivity contribution in [2.45, 2.75) is 33.2 Å². The van der Waals surface area contributed by atoms with Gasteiger partial charge in [0.15, 0.2) is 0 Å². The first-order valence-electron chi connectivity index (χ1n) is 4.80. The zero-order valence-corrected chi connectivity index (χ0v) is 8.76. The van der Waals surface area contributed by atoms with Gasteiger partial charge in [-0.2, -0.15) is 0 Å². The zero-order valence-electron chi connectivity index (χ0n) is 8.76. The van der Waals surface area contributed by atoms with Crippen molar-refractivity contribution in [2.24, 2.45) is 11.7 Å². The molecule has 0 aromatic carbocycles. The maximum absolute atomic E-state index is 11.1. The molecule has 13 heavy (non-hydrogen) atoms. The van der Waals surface area contributed by atoms with Gasteiger partial charge in [0.1, 0.15) is 0 Å². The summed E-state index contributed by atoms with van der Waals surface area (Å²) in [5.41, 5.74) is 5.39. The largest absolute Gasteiger partial charge is 0.338 e. The fraction of sp³-hybridized carbons (Fsp3) is 0.889. The van der Waals surface area contributed by atoms with E-state index in [-0.39, 0.29) is 12.1 Å². The average molecular weight is 187 g/mol. The molecule has 78 valence electrons. The van der Waals surface area contributed by atoms with Crippen LogP contribution in [-0.4, -0.2) is 25.2 Å². The SMILES string of the molecule is CC(CCN)CNC(=O)NC(C)C. The number of carbonyl (C=O) groups is 1. The first kappa shape index (κ1) is 12.2. The van der Waals surface area contributed by atoms with E-state index in [2.05, 4.69) is 17.6 Å². The first-order chi connectivity index (χ1) is 6.06. The first-order valence-corrected chi connectivity index (χ1v) is 4.80. The highest BCUT2D eigenvalue weighted by Crippen LogP contribution is 1.96. The van der Waals surface area contributed by atoms with Crippen molar-refractivity contribution in [1.29, 1.82) is 0 Å². The minimum Gasteiger partial charge on any atom is -0.338 e. The Hall–Kier alpha value is -0.770. The third-order valence-corrected chi connectivity index (χ3v) is 1.69. The van der Waals surface area contributed by atoms with Crippen LogP contribution in [0.5, 0.6) is 0 Å². The molecule has 0 heterocycles. The van der Waals surface area contributed by atoms with E-state index in [9.17, 15) is 4.79 Å². The Morgan fingerprint density at radius 1 is 1.38 bits per heavy atom. The van der Waals surface area contributed by atoms with Gasteiger partial charge >= 0.3 is 6.03 Å². The van der Waals surface area contributed by atoms with Crippen LogP contribution in [0, 0.1) is 5.92 Å². The van der Waals surface area contributed by atoms with E-state index in [1.807, 2.05) is 13.8 Å². The second kappa shape index (κ2) is 6.71. The highest BCUT2D eigenvalue weighted by atomic mass is 16.2. The lowest BCUT2D eigenvalue weighted by Gasteiger charge is -2.13. The number of nitrogens with two attached hydrogens (primary N) is 1. The van der Waals surface area contributed by atoms with Gasteiger partial charge in [0.05, 0.1) is 0 Å². The monoisotopic (exact) mass is 187 g/mol. The predicted octanol–water partition coefficient (Wildman–Crippen LogP) is 0.679. The number of rotatable bonds is 5. The summed E-state index contributed by atoms with van der Waals surface area (Å²) in [5.74, 6) is 0.447. The molecule has 0 rings (SSSR count). The van der Waals surface area contributed by atoms with Crippen LogP contribution in [0.1, 0.15) is 27.2 Å². The van der Waals surface area contributed by atoms with Gasteiger partial charge in [0.2, 0.25) is 0 Å². The van der Waals surface area contributed by atoms with E-state index in [1.54, 1.807) is 0 Å². The molecule has 1 atom stereocenters. The highest BCUT2D eigenvalue weighted by Gasteiger charge is 2.04. The molecule has 0 aromatic rings. The molecule has 0 fully saturated rings. The lowest BCUT2D eigenvalue weighted by molar-refractivity contribution is 0.236. The van der Waals surface area contributed by atoms with Crippen LogP contribution in [0.2, 0.25) is 0 Å². The zero-order chi connectivity index (χ0) is 10.3. The third kappa shape index (κ3) is 7.59. The second-order valence-corrected chi connectivity index (χ2v) is 3.69. The van der Waals surface area contributed by atoms with Crippen LogP contribution >= 0.6 is 0 Å². The number of hydrogen-bond acceptors (Lipinski definition) is 2. The molecule has 4 nitrogen and oxygen atoms in total. The van der Waals surface area contributed by atoms with E-state index in [4.69, 9.17) is 5.73 Å². The van der Waals surface area contributed by atoms with E-state index >= 15 is 0 Å². The lowest BCUT2D eigenvalue weighted by atomic mass is 10.1. The van der Waals surface area contributed by atoms with Crippen molar-refractivity contribution >= 4 is 6.03 Å². The maximum atomic E-state index is 11.1. The molecule has 0 aliphatic rings. The standard InChI is InChI=1S/C9H21N3O/c1-7(2)12-9(13)11-6-8(3)4-5-10/h7-8H,4-6,10H2,1-3H3,(H2,11,12,13). The summed E-state index contributed by atoms with van der Waals surface area (Å²) in [6, 6.07) is 0.0867. The summed E-state index contributed by atoms with van der Waals surface area (Å²) in [6.45, 7) is 7.30. The number of urea groups is 1. The molecule has 0 bridgehead atoms. The summed E-state index contributed by atoms with van der Waals surface area (Å²) < 4.78 is 0. The van der Waals surface area contributed by atoms with E-state index in [0.29, 0.717) is 19.0 Å². The normalized spacial score (nSPS) is 12.7. The number of carbonyl (C=O) groups excluding carboxylic acids is 1. The maximum Gasteiger partial charge on any atom is 0.314 e. The lowest BCUT2D eigenvalue weighted by Crippen LogP contribution is -2.41. The van der Waals surface area contributed by atoms with Crippen LogP contribution in [0.25, 0.3) is 0 Å². The van der Waals surface area contributed by atoms with Crippen molar-refractivity contribution in [3.8, 4) is 0 Å². The van der Waals surface area contributed by atoms with Gasteiger partial charge < -0.3 is 16.4 Å². The quantitative estimate of drug-likeness (QED) is 0.592. The predicted molar refractivity (Wildman–Crippen MR) is 54.5 cm³/mol. The van der Waals surface area contributed by atoms with E-state index in [0.717, 1.165) is 6.42 Å². The summed E-state index contributed by atoms with van der Waals surface area (Å²) in [6.07, 6.45) is 0.946. The molecule has 4 N–H and O–H groups in total. The Balaban J connectivity index is 3.46. The summed E-state index contributed by atoms with van der Waals surface area (Å²) in [7, 11) is 0. The van der Waals surface area contributed by atoms with E-state index in [1.165, 1.54) is 0 Å². The Labute approximate surface area is 80.3 Å². The van der Waals surface area contributed by atoms with Gasteiger partial charge in [-0.25, -0.2) is 4.79 Å². The molecular formula is C9H21N3O. The molecule has 0 saturated heterocycles. The fourth-order valence-corrected chi connectivity index (χ4v) is 0.967. The Morgan fingerprint density at radius 2 is 2.00 bits per heavy atom. The van der Waals surface area contributed by atoms with Crippen LogP contribution in [-0.2, 0) is 0 Å². The summed E-state index contributed by atoms with van der Waals surface area (Å²) in [5, 5.41) is 5.55. The average Bonchev–Trinajstić information content (AvgIpc) is 2.00. The Morgan fingerprint density at radius 3 is 2.46 bits per heavy atom. The van der Waals surface area contributed by atoms with Gasteiger partial charge in [-0.05, 0) is 32.7 Å². The van der Waals surface area contributed by atoms with Crippen LogP contribution in [0.3, 0.4) is 0 Å². The third-order valence-electron chi connectivity index (χ3n) is 1.69. The second-order valence-electron chi connectivity index (χ2n) is 3.69. The van der Waals surface area contributed by atoms with Crippen molar-refractivity contribution in [3.05, 3.63) is 0 Å². The molecule has 2 amide bonds. The molecule has 0 aliphatic carbocycles. The van der Waals surface area contributed by atoms with Crippen molar-refractivity contribution in [2.75, 3.05) is 13.1 Å². The minimum atomic E-state index is -0.0983. The van der Waals surface area contributed by atoms with Crippen LogP contribution in [0.15, 0.2) is 0 Å². The molecule has 0 aliphatic heterocycles. The summed E-state index contributed by atoms with van der Waals surface area (Å²) in [4.78, 5) is 11.1. The molecule has 1 unspecified atom stereocenters. The molecule has 0 saturated carbocycles. The molecule has 0 aromatic heterocycles. The molecular weight excluding hydrogens is 166 g/mol. The fourth-order valence-electron chi connectivity index (χ4n) is 0.967. The Kier molecular flexibility index (Phi) is 6.32. The minimum absolute atomic E-state index is 0.0983. The van der Waals surface area contributed by atoms with E-state index < -0.39 is 0 Å². The molecule has 0 radical (unpaired) electrons.